The molecule has 158 valence electrons. The number of hydrogen-bond donors (Lipinski definition) is 0. The Kier molecular flexibility index (Phi) is 8.15. The van der Waals surface area contributed by atoms with Gasteiger partial charge in [-0.1, -0.05) is 17.7 Å². The van der Waals surface area contributed by atoms with E-state index in [1.54, 1.807) is 0 Å². The summed E-state index contributed by atoms with van der Waals surface area (Å²) in [6.07, 6.45) is 1.56. The summed E-state index contributed by atoms with van der Waals surface area (Å²) in [5, 5.41) is 0. The lowest BCUT2D eigenvalue weighted by Crippen LogP contribution is -3.62. The van der Waals surface area contributed by atoms with Crippen LogP contribution >= 0.6 is 0 Å². The molecule has 0 saturated carbocycles. The van der Waals surface area contributed by atoms with Crippen molar-refractivity contribution in [1.29, 1.82) is 0 Å². The second kappa shape index (κ2) is 9.96. The quantitative estimate of drug-likeness (QED) is 0.312. The van der Waals surface area contributed by atoms with Crippen LogP contribution in [0.1, 0.15) is 54.5 Å². The van der Waals surface area contributed by atoms with E-state index in [2.05, 4.69) is 58.9 Å². The van der Waals surface area contributed by atoms with E-state index in [1.165, 1.54) is 42.1 Å². The molecule has 0 bridgehead atoms. The van der Waals surface area contributed by atoms with Crippen molar-refractivity contribution in [3.05, 3.63) is 59.2 Å². The van der Waals surface area contributed by atoms with Gasteiger partial charge in [0.2, 0.25) is 0 Å². The lowest BCUT2D eigenvalue weighted by molar-refractivity contribution is -0.599. The molecule has 29 heavy (non-hydrogen) atoms. The van der Waals surface area contributed by atoms with Crippen molar-refractivity contribution in [3.63, 3.8) is 0 Å². The van der Waals surface area contributed by atoms with Crippen LogP contribution in [0.3, 0.4) is 0 Å². The van der Waals surface area contributed by atoms with Crippen molar-refractivity contribution in [2.24, 2.45) is 5.41 Å². The normalized spacial score (nSPS) is 11.4. The number of esters is 1. The predicted octanol–water partition coefficient (Wildman–Crippen LogP) is 2.72. The van der Waals surface area contributed by atoms with Gasteiger partial charge in [0.1, 0.15) is 5.75 Å². The summed E-state index contributed by atoms with van der Waals surface area (Å²) in [6, 6.07) is 9.05. The van der Waals surface area contributed by atoms with Crippen LogP contribution in [0.25, 0.3) is 0 Å². The van der Waals surface area contributed by atoms with Crippen molar-refractivity contribution in [1.82, 2.24) is 0 Å². The van der Waals surface area contributed by atoms with Crippen LogP contribution in [0.2, 0.25) is 0 Å². The van der Waals surface area contributed by atoms with Crippen molar-refractivity contribution >= 4 is 5.97 Å². The molecule has 0 aliphatic carbocycles. The minimum atomic E-state index is -0.471. The molecular formula is C25H34IO3+. The molecule has 0 N–H and O–H groups in total. The van der Waals surface area contributed by atoms with Gasteiger partial charge in [0.25, 0.3) is 0 Å². The lowest BCUT2D eigenvalue weighted by Gasteiger charge is -2.21. The maximum atomic E-state index is 11.8. The van der Waals surface area contributed by atoms with Gasteiger partial charge in [-0.15, -0.1) is 0 Å². The summed E-state index contributed by atoms with van der Waals surface area (Å²) in [5.41, 5.74) is 6.15. The first-order valence-electron chi connectivity index (χ1n) is 10.1. The van der Waals surface area contributed by atoms with Crippen molar-refractivity contribution in [2.75, 3.05) is 13.7 Å². The fourth-order valence-corrected chi connectivity index (χ4v) is 6.45. The highest BCUT2D eigenvalue weighted by Crippen LogP contribution is 2.25. The average Bonchev–Trinajstić information content (AvgIpc) is 2.64. The number of aryl methyl sites for hydroxylation is 5. The molecular weight excluding hydrogens is 475 g/mol. The first-order valence-corrected chi connectivity index (χ1v) is 12.3. The Bertz CT molecular complexity index is 861. The Morgan fingerprint density at radius 3 is 2.14 bits per heavy atom. The van der Waals surface area contributed by atoms with E-state index in [9.17, 15) is 4.79 Å². The second-order valence-corrected chi connectivity index (χ2v) is 11.3. The summed E-state index contributed by atoms with van der Waals surface area (Å²) in [4.78, 5) is 11.8. The van der Waals surface area contributed by atoms with E-state index in [1.807, 2.05) is 13.8 Å². The van der Waals surface area contributed by atoms with Crippen LogP contribution in [0.5, 0.6) is 5.75 Å². The molecule has 0 aliphatic heterocycles. The summed E-state index contributed by atoms with van der Waals surface area (Å²) >= 11 is -0.228. The third kappa shape index (κ3) is 6.21. The number of rotatable bonds is 8. The van der Waals surface area contributed by atoms with Gasteiger partial charge in [0.15, 0.2) is 7.14 Å². The first-order chi connectivity index (χ1) is 13.5. The highest BCUT2D eigenvalue weighted by molar-refractivity contribution is 5.75. The summed E-state index contributed by atoms with van der Waals surface area (Å²) in [6.45, 7) is 15.4. The zero-order chi connectivity index (χ0) is 21.8. The number of benzene rings is 2. The molecule has 3 nitrogen and oxygen atoms in total. The van der Waals surface area contributed by atoms with Crippen LogP contribution < -0.4 is 25.9 Å². The molecule has 0 atom stereocenters. The Morgan fingerprint density at radius 1 is 0.931 bits per heavy atom. The maximum Gasteiger partial charge on any atom is 0.358 e. The van der Waals surface area contributed by atoms with Crippen molar-refractivity contribution < 1.29 is 35.5 Å². The molecule has 2 aromatic rings. The molecule has 0 fully saturated rings. The van der Waals surface area contributed by atoms with E-state index in [0.29, 0.717) is 6.61 Å². The second-order valence-electron chi connectivity index (χ2n) is 8.50. The zero-order valence-corrected chi connectivity index (χ0v) is 21.2. The number of halogens is 1. The third-order valence-corrected chi connectivity index (χ3v) is 9.16. The molecule has 2 rings (SSSR count). The van der Waals surface area contributed by atoms with E-state index in [0.717, 1.165) is 18.6 Å². The van der Waals surface area contributed by atoms with E-state index >= 15 is 0 Å². The standard InChI is InChI=1S/C25H34IO3/c1-16-12-19(4)23(20(5)13-16)26-21-14-18(3)22(15-17(21)2)29-11-9-10-25(6,7)24(27)28-8/h12-15H,9-11H2,1-8H3/q+1. The first kappa shape index (κ1) is 23.7. The molecule has 0 heterocycles. The van der Waals surface area contributed by atoms with Gasteiger partial charge in [-0.05, 0) is 79.0 Å². The summed E-state index contributed by atoms with van der Waals surface area (Å²) in [5.74, 6) is 0.781. The van der Waals surface area contributed by atoms with Gasteiger partial charge in [-0.2, -0.15) is 0 Å². The molecule has 4 heteroatoms. The maximum absolute atomic E-state index is 11.8. The van der Waals surface area contributed by atoms with Gasteiger partial charge in [-0.25, -0.2) is 0 Å². The number of carbonyl (C=O) groups is 1. The van der Waals surface area contributed by atoms with Crippen molar-refractivity contribution in [2.45, 2.75) is 61.3 Å². The van der Waals surface area contributed by atoms with Crippen LogP contribution in [-0.4, -0.2) is 19.7 Å². The highest BCUT2D eigenvalue weighted by atomic mass is 127. The van der Waals surface area contributed by atoms with Gasteiger partial charge in [-0.3, -0.25) is 4.79 Å². The highest BCUT2D eigenvalue weighted by Gasteiger charge is 2.28. The molecule has 0 aliphatic rings. The van der Waals surface area contributed by atoms with Gasteiger partial charge in [0, 0.05) is 16.7 Å². The van der Waals surface area contributed by atoms with Crippen LogP contribution in [-0.2, 0) is 9.53 Å². The van der Waals surface area contributed by atoms with Crippen LogP contribution in [0.15, 0.2) is 24.3 Å². The minimum Gasteiger partial charge on any atom is -0.493 e. The Balaban J connectivity index is 2.05. The average molecular weight is 509 g/mol. The molecule has 0 unspecified atom stereocenters. The topological polar surface area (TPSA) is 35.5 Å². The van der Waals surface area contributed by atoms with Gasteiger partial charge in [0.05, 0.1) is 19.1 Å². The van der Waals surface area contributed by atoms with Crippen molar-refractivity contribution in [3.8, 4) is 5.75 Å². The fourth-order valence-electron chi connectivity index (χ4n) is 3.50. The molecule has 0 spiro atoms. The summed E-state index contributed by atoms with van der Waals surface area (Å²) < 4.78 is 13.9. The van der Waals surface area contributed by atoms with E-state index in [4.69, 9.17) is 9.47 Å². The van der Waals surface area contributed by atoms with E-state index < -0.39 is 5.41 Å². The molecule has 0 saturated heterocycles. The Labute approximate surface area is 186 Å². The summed E-state index contributed by atoms with van der Waals surface area (Å²) in [7, 11) is 1.44. The van der Waals surface area contributed by atoms with Crippen LogP contribution in [0, 0.1) is 47.2 Å². The van der Waals surface area contributed by atoms with Crippen LogP contribution in [0.4, 0.5) is 0 Å². The Hall–Kier alpha value is -1.56. The van der Waals surface area contributed by atoms with Gasteiger partial charge < -0.3 is 9.47 Å². The molecule has 0 aromatic heterocycles. The number of carbonyl (C=O) groups excluding carboxylic acids is 1. The number of hydrogen-bond acceptors (Lipinski definition) is 3. The van der Waals surface area contributed by atoms with E-state index in [-0.39, 0.29) is 27.2 Å². The monoisotopic (exact) mass is 509 g/mol. The predicted molar refractivity (Wildman–Crippen MR) is 114 cm³/mol. The zero-order valence-electron chi connectivity index (χ0n) is 19.0. The number of ether oxygens (including phenoxy) is 2. The van der Waals surface area contributed by atoms with Gasteiger partial charge >= 0.3 is 27.2 Å². The molecule has 0 radical (unpaired) electrons. The minimum absolute atomic E-state index is 0.167. The SMILES string of the molecule is COC(=O)C(C)(C)CCCOc1cc(C)c([I+]c2c(C)cc(C)cc2C)cc1C. The smallest absolute Gasteiger partial charge is 0.358 e. The lowest BCUT2D eigenvalue weighted by atomic mass is 9.88. The fraction of sp³-hybridized carbons (Fsp3) is 0.480. The molecule has 0 amide bonds. The largest absolute Gasteiger partial charge is 0.493 e. The third-order valence-electron chi connectivity index (χ3n) is 5.17. The molecule has 2 aromatic carbocycles. The Morgan fingerprint density at radius 2 is 1.55 bits per heavy atom. The number of methoxy groups -OCH3 is 1.